The molecule has 2 aromatic carbocycles. The van der Waals surface area contributed by atoms with Gasteiger partial charge < -0.3 is 28.2 Å². The molecule has 0 saturated carbocycles. The number of methoxy groups -OCH3 is 3. The minimum atomic E-state index is -4.60. The van der Waals surface area contributed by atoms with Crippen LogP contribution in [0, 0.1) is 0 Å². The number of phosphoric ester groups is 1. The lowest BCUT2D eigenvalue weighted by Crippen LogP contribution is -2.05. The SMILES string of the molecule is COc1cc(-c2cnnn2-c2cc(OC)c3c(c2)OCO3)cc(OP(=O)(O)ON)c1OC. The minimum absolute atomic E-state index is 0.0614. The van der Waals surface area contributed by atoms with E-state index in [0.29, 0.717) is 34.2 Å². The number of rotatable bonds is 8. The van der Waals surface area contributed by atoms with Crippen LogP contribution in [-0.4, -0.2) is 48.0 Å². The van der Waals surface area contributed by atoms with Crippen LogP contribution < -0.4 is 34.1 Å². The van der Waals surface area contributed by atoms with Gasteiger partial charge in [-0.15, -0.1) is 5.10 Å². The van der Waals surface area contributed by atoms with Crippen molar-refractivity contribution in [3.8, 4) is 51.4 Å². The Kier molecular flexibility index (Phi) is 5.80. The van der Waals surface area contributed by atoms with E-state index >= 15 is 0 Å². The second-order valence-electron chi connectivity index (χ2n) is 6.29. The van der Waals surface area contributed by atoms with E-state index in [0.717, 1.165) is 0 Å². The van der Waals surface area contributed by atoms with Gasteiger partial charge in [0.15, 0.2) is 23.0 Å². The van der Waals surface area contributed by atoms with Crippen molar-refractivity contribution in [2.45, 2.75) is 0 Å². The van der Waals surface area contributed by atoms with Crippen LogP contribution in [0.4, 0.5) is 0 Å². The monoisotopic (exact) mass is 466 g/mol. The van der Waals surface area contributed by atoms with Crippen LogP contribution in [0.25, 0.3) is 16.9 Å². The molecule has 3 N–H and O–H groups in total. The van der Waals surface area contributed by atoms with Gasteiger partial charge in [-0.05, 0) is 12.1 Å². The fourth-order valence-electron chi connectivity index (χ4n) is 3.15. The molecule has 0 aliphatic carbocycles. The van der Waals surface area contributed by atoms with Crippen LogP contribution in [0.5, 0.6) is 34.5 Å². The lowest BCUT2D eigenvalue weighted by atomic mass is 10.1. The van der Waals surface area contributed by atoms with Gasteiger partial charge in [0.25, 0.3) is 0 Å². The number of nitrogens with two attached hydrogens (primary N) is 1. The summed E-state index contributed by atoms with van der Waals surface area (Å²) in [5, 5.41) is 8.12. The third-order valence-corrected chi connectivity index (χ3v) is 5.22. The molecule has 1 aliphatic rings. The molecule has 0 bridgehead atoms. The summed E-state index contributed by atoms with van der Waals surface area (Å²) in [6.07, 6.45) is 1.49. The van der Waals surface area contributed by atoms with Crippen LogP contribution in [0.15, 0.2) is 30.5 Å². The molecule has 14 heteroatoms. The highest BCUT2D eigenvalue weighted by atomic mass is 31.2. The maximum atomic E-state index is 11.9. The maximum Gasteiger partial charge on any atom is 0.544 e. The molecule has 0 amide bonds. The molecule has 1 aromatic heterocycles. The number of benzene rings is 2. The van der Waals surface area contributed by atoms with Gasteiger partial charge in [0.2, 0.25) is 18.3 Å². The topological polar surface area (TPSA) is 159 Å². The number of hydrogen-bond acceptors (Lipinski definition) is 11. The number of fused-ring (bicyclic) bond motifs is 1. The maximum absolute atomic E-state index is 11.9. The van der Waals surface area contributed by atoms with Gasteiger partial charge in [-0.2, -0.15) is 4.62 Å². The number of aromatic nitrogens is 3. The van der Waals surface area contributed by atoms with Crippen molar-refractivity contribution in [2.75, 3.05) is 28.1 Å². The molecule has 1 atom stereocenters. The van der Waals surface area contributed by atoms with E-state index in [1.807, 2.05) is 0 Å². The van der Waals surface area contributed by atoms with E-state index in [9.17, 15) is 9.46 Å². The molecule has 1 aliphatic heterocycles. The summed E-state index contributed by atoms with van der Waals surface area (Å²) in [5.74, 6) is 6.41. The van der Waals surface area contributed by atoms with E-state index in [1.165, 1.54) is 38.3 Å². The first-order valence-corrected chi connectivity index (χ1v) is 10.5. The van der Waals surface area contributed by atoms with E-state index in [-0.39, 0.29) is 24.0 Å². The molecule has 3 aromatic rings. The molecule has 0 spiro atoms. The largest absolute Gasteiger partial charge is 0.544 e. The van der Waals surface area contributed by atoms with Gasteiger partial charge in [-0.1, -0.05) is 5.21 Å². The summed E-state index contributed by atoms with van der Waals surface area (Å²) >= 11 is 0. The summed E-state index contributed by atoms with van der Waals surface area (Å²) in [6, 6.07) is 6.47. The fourth-order valence-corrected chi connectivity index (χ4v) is 3.58. The van der Waals surface area contributed by atoms with Crippen LogP contribution in [-0.2, 0) is 9.19 Å². The van der Waals surface area contributed by atoms with Gasteiger partial charge in [0.05, 0.1) is 38.9 Å². The summed E-state index contributed by atoms with van der Waals surface area (Å²) in [5.41, 5.74) is 1.52. The Morgan fingerprint density at radius 3 is 2.50 bits per heavy atom. The molecule has 0 fully saturated rings. The first-order chi connectivity index (χ1) is 15.4. The Bertz CT molecular complexity index is 1200. The van der Waals surface area contributed by atoms with E-state index in [4.69, 9.17) is 34.1 Å². The molecule has 170 valence electrons. The van der Waals surface area contributed by atoms with Gasteiger partial charge in [0.1, 0.15) is 0 Å². The number of nitrogens with zero attached hydrogens (tertiary/aromatic N) is 3. The highest BCUT2D eigenvalue weighted by Gasteiger charge is 2.27. The zero-order valence-corrected chi connectivity index (χ0v) is 18.1. The zero-order chi connectivity index (χ0) is 22.9. The highest BCUT2D eigenvalue weighted by Crippen LogP contribution is 2.50. The van der Waals surface area contributed by atoms with Gasteiger partial charge in [-0.3, -0.25) is 4.89 Å². The van der Waals surface area contributed by atoms with Crippen molar-refractivity contribution in [2.24, 2.45) is 5.90 Å². The minimum Gasteiger partial charge on any atom is -0.493 e. The predicted octanol–water partition coefficient (Wildman–Crippen LogP) is 2.06. The van der Waals surface area contributed by atoms with E-state index in [2.05, 4.69) is 14.9 Å². The predicted molar refractivity (Wildman–Crippen MR) is 108 cm³/mol. The molecule has 0 radical (unpaired) electrons. The normalized spacial score (nSPS) is 14.0. The van der Waals surface area contributed by atoms with Gasteiger partial charge in [0, 0.05) is 17.7 Å². The molecular formula is C18H19N4O9P. The van der Waals surface area contributed by atoms with Gasteiger partial charge in [-0.25, -0.2) is 15.1 Å². The first kappa shape index (κ1) is 21.7. The second kappa shape index (κ2) is 8.55. The summed E-state index contributed by atoms with van der Waals surface area (Å²) in [6.45, 7) is 0.0696. The van der Waals surface area contributed by atoms with E-state index in [1.54, 1.807) is 18.2 Å². The number of hydrogen-bond donors (Lipinski definition) is 2. The third kappa shape index (κ3) is 3.89. The molecule has 32 heavy (non-hydrogen) atoms. The first-order valence-electron chi connectivity index (χ1n) is 8.96. The Balaban J connectivity index is 1.85. The van der Waals surface area contributed by atoms with Crippen LogP contribution >= 0.6 is 7.82 Å². The number of ether oxygens (including phenoxy) is 5. The van der Waals surface area contributed by atoms with Crippen molar-refractivity contribution in [1.82, 2.24) is 15.0 Å². The zero-order valence-electron chi connectivity index (χ0n) is 17.2. The standard InChI is InChI=1S/C18H19N4O9P/c1-25-13-4-10(5-16(17(13)27-3)30-32(23,24)31-19)12-8-20-21-22(12)11-6-14(26-2)18-15(7-11)28-9-29-18/h4-8H,9,19H2,1-3H3,(H,23,24). The van der Waals surface area contributed by atoms with Crippen molar-refractivity contribution < 1.29 is 42.3 Å². The van der Waals surface area contributed by atoms with Crippen molar-refractivity contribution in [1.29, 1.82) is 0 Å². The van der Waals surface area contributed by atoms with Gasteiger partial charge >= 0.3 is 7.82 Å². The molecule has 1 unspecified atom stereocenters. The average Bonchev–Trinajstić information content (AvgIpc) is 3.47. The summed E-state index contributed by atoms with van der Waals surface area (Å²) in [7, 11) is -0.335. The lowest BCUT2D eigenvalue weighted by molar-refractivity contribution is 0.171. The summed E-state index contributed by atoms with van der Waals surface area (Å²) < 4.78 is 49.4. The second-order valence-corrected chi connectivity index (χ2v) is 7.62. The van der Waals surface area contributed by atoms with Crippen LogP contribution in [0.3, 0.4) is 0 Å². The molecule has 4 rings (SSSR count). The Labute approximate surface area is 181 Å². The van der Waals surface area contributed by atoms with Crippen LogP contribution in [0.2, 0.25) is 0 Å². The van der Waals surface area contributed by atoms with Crippen molar-refractivity contribution in [3.05, 3.63) is 30.5 Å². The Morgan fingerprint density at radius 2 is 1.81 bits per heavy atom. The molecule has 0 saturated heterocycles. The lowest BCUT2D eigenvalue weighted by Gasteiger charge is -2.17. The third-order valence-electron chi connectivity index (χ3n) is 4.52. The molecular weight excluding hydrogens is 447 g/mol. The Hall–Kier alpha value is -3.51. The number of phosphoric acid groups is 1. The van der Waals surface area contributed by atoms with Crippen molar-refractivity contribution in [3.63, 3.8) is 0 Å². The molecule has 13 nitrogen and oxygen atoms in total. The van der Waals surface area contributed by atoms with E-state index < -0.39 is 7.82 Å². The quantitative estimate of drug-likeness (QED) is 0.368. The summed E-state index contributed by atoms with van der Waals surface area (Å²) in [4.78, 5) is 9.68. The van der Waals surface area contributed by atoms with Crippen LogP contribution in [0.1, 0.15) is 0 Å². The van der Waals surface area contributed by atoms with Crippen molar-refractivity contribution >= 4 is 7.82 Å². The fraction of sp³-hybridized carbons (Fsp3) is 0.222. The molecule has 2 heterocycles. The Morgan fingerprint density at radius 1 is 1.06 bits per heavy atom. The smallest absolute Gasteiger partial charge is 0.493 e. The average molecular weight is 466 g/mol. The highest BCUT2D eigenvalue weighted by molar-refractivity contribution is 7.47.